The first-order valence-corrected chi connectivity index (χ1v) is 4.21. The molecule has 0 bridgehead atoms. The maximum Gasteiger partial charge on any atom is 0.310 e. The Hall–Kier alpha value is -1.58. The molecule has 3 N–H and O–H groups in total. The summed E-state index contributed by atoms with van der Waals surface area (Å²) in [5, 5.41) is 8.72. The zero-order chi connectivity index (χ0) is 10.9. The van der Waals surface area contributed by atoms with Crippen LogP contribution in [0, 0.1) is 12.7 Å². The van der Waals surface area contributed by atoms with Gasteiger partial charge in [0.15, 0.2) is 0 Å². The standard InChI is InChI=1S/C10H12FNO2/c1-5-3-7(6(2)10(13)14)8(11)4-9(5)12/h3-4,6H,12H2,1-2H3,(H,13,14). The van der Waals surface area contributed by atoms with Crippen LogP contribution in [0.3, 0.4) is 0 Å². The van der Waals surface area contributed by atoms with Gasteiger partial charge in [0.2, 0.25) is 0 Å². The van der Waals surface area contributed by atoms with Crippen LogP contribution < -0.4 is 5.73 Å². The Morgan fingerprint density at radius 3 is 2.64 bits per heavy atom. The van der Waals surface area contributed by atoms with Crippen LogP contribution >= 0.6 is 0 Å². The maximum atomic E-state index is 13.3. The van der Waals surface area contributed by atoms with Crippen LogP contribution in [-0.2, 0) is 4.79 Å². The highest BCUT2D eigenvalue weighted by molar-refractivity contribution is 5.76. The van der Waals surface area contributed by atoms with Crippen LogP contribution in [0.2, 0.25) is 0 Å². The molecule has 0 saturated heterocycles. The van der Waals surface area contributed by atoms with E-state index in [1.165, 1.54) is 13.0 Å². The fourth-order valence-electron chi connectivity index (χ4n) is 1.18. The van der Waals surface area contributed by atoms with Crippen molar-refractivity contribution < 1.29 is 14.3 Å². The topological polar surface area (TPSA) is 63.3 Å². The molecule has 76 valence electrons. The number of rotatable bonds is 2. The van der Waals surface area contributed by atoms with Gasteiger partial charge in [0, 0.05) is 11.3 Å². The van der Waals surface area contributed by atoms with Crippen molar-refractivity contribution in [3.8, 4) is 0 Å². The molecule has 1 unspecified atom stereocenters. The smallest absolute Gasteiger partial charge is 0.310 e. The molecule has 0 aromatic heterocycles. The van der Waals surface area contributed by atoms with Crippen molar-refractivity contribution in [2.45, 2.75) is 19.8 Å². The Morgan fingerprint density at radius 2 is 2.14 bits per heavy atom. The average molecular weight is 197 g/mol. The minimum absolute atomic E-state index is 0.171. The summed E-state index contributed by atoms with van der Waals surface area (Å²) in [7, 11) is 0. The van der Waals surface area contributed by atoms with Gasteiger partial charge in [0.05, 0.1) is 5.92 Å². The van der Waals surface area contributed by atoms with Crippen LogP contribution in [0.1, 0.15) is 24.0 Å². The van der Waals surface area contributed by atoms with E-state index in [1.807, 2.05) is 0 Å². The summed E-state index contributed by atoms with van der Waals surface area (Å²) in [6, 6.07) is 2.63. The van der Waals surface area contributed by atoms with E-state index in [2.05, 4.69) is 0 Å². The van der Waals surface area contributed by atoms with E-state index in [0.29, 0.717) is 11.3 Å². The number of hydrogen-bond acceptors (Lipinski definition) is 2. The van der Waals surface area contributed by atoms with Crippen molar-refractivity contribution in [3.63, 3.8) is 0 Å². The van der Waals surface area contributed by atoms with E-state index in [1.54, 1.807) is 6.92 Å². The number of hydrogen-bond donors (Lipinski definition) is 2. The normalized spacial score (nSPS) is 12.5. The van der Waals surface area contributed by atoms with Gasteiger partial charge < -0.3 is 10.8 Å². The van der Waals surface area contributed by atoms with Gasteiger partial charge >= 0.3 is 5.97 Å². The van der Waals surface area contributed by atoms with Crippen LogP contribution in [0.4, 0.5) is 10.1 Å². The van der Waals surface area contributed by atoms with E-state index < -0.39 is 17.7 Å². The van der Waals surface area contributed by atoms with Gasteiger partial charge in [-0.3, -0.25) is 4.79 Å². The number of benzene rings is 1. The molecule has 0 aliphatic rings. The average Bonchev–Trinajstić information content (AvgIpc) is 2.10. The predicted molar refractivity (Wildman–Crippen MR) is 51.6 cm³/mol. The first-order chi connectivity index (χ1) is 6.43. The molecule has 0 aliphatic carbocycles. The SMILES string of the molecule is Cc1cc(C(C)C(=O)O)c(F)cc1N. The lowest BCUT2D eigenvalue weighted by Gasteiger charge is -2.10. The van der Waals surface area contributed by atoms with Gasteiger partial charge in [-0.25, -0.2) is 4.39 Å². The second-order valence-corrected chi connectivity index (χ2v) is 3.29. The fraction of sp³-hybridized carbons (Fsp3) is 0.300. The molecule has 3 nitrogen and oxygen atoms in total. The second-order valence-electron chi connectivity index (χ2n) is 3.29. The number of halogens is 1. The Morgan fingerprint density at radius 1 is 1.57 bits per heavy atom. The molecule has 0 amide bonds. The van der Waals surface area contributed by atoms with E-state index in [9.17, 15) is 9.18 Å². The highest BCUT2D eigenvalue weighted by atomic mass is 19.1. The lowest BCUT2D eigenvalue weighted by Crippen LogP contribution is -2.10. The third-order valence-electron chi connectivity index (χ3n) is 2.22. The van der Waals surface area contributed by atoms with Crippen molar-refractivity contribution in [3.05, 3.63) is 29.1 Å². The first-order valence-electron chi connectivity index (χ1n) is 4.21. The Kier molecular flexibility index (Phi) is 2.74. The quantitative estimate of drug-likeness (QED) is 0.712. The molecule has 1 aromatic rings. The van der Waals surface area contributed by atoms with Crippen LogP contribution in [0.5, 0.6) is 0 Å². The molecule has 0 spiro atoms. The summed E-state index contributed by atoms with van der Waals surface area (Å²) >= 11 is 0. The fourth-order valence-corrected chi connectivity index (χ4v) is 1.18. The summed E-state index contributed by atoms with van der Waals surface area (Å²) in [6.07, 6.45) is 0. The largest absolute Gasteiger partial charge is 0.481 e. The number of nitrogen functional groups attached to an aromatic ring is 1. The molecule has 0 saturated carbocycles. The number of nitrogens with two attached hydrogens (primary N) is 1. The number of carboxylic acid groups (broad SMARTS) is 1. The molecule has 0 heterocycles. The summed E-state index contributed by atoms with van der Waals surface area (Å²) < 4.78 is 13.3. The van der Waals surface area contributed by atoms with Crippen molar-refractivity contribution in [2.24, 2.45) is 0 Å². The molecule has 1 rings (SSSR count). The summed E-state index contributed by atoms with van der Waals surface area (Å²) in [5.41, 5.74) is 6.68. The summed E-state index contributed by atoms with van der Waals surface area (Å²) in [5.74, 6) is -2.47. The molecular weight excluding hydrogens is 185 g/mol. The molecule has 0 aliphatic heterocycles. The molecule has 14 heavy (non-hydrogen) atoms. The van der Waals surface area contributed by atoms with Crippen LogP contribution in [0.25, 0.3) is 0 Å². The second kappa shape index (κ2) is 3.65. The molecule has 1 atom stereocenters. The van der Waals surface area contributed by atoms with E-state index in [4.69, 9.17) is 10.8 Å². The van der Waals surface area contributed by atoms with Gasteiger partial charge in [0.1, 0.15) is 5.82 Å². The number of carbonyl (C=O) groups is 1. The molecule has 1 aromatic carbocycles. The van der Waals surface area contributed by atoms with Crippen LogP contribution in [0.15, 0.2) is 12.1 Å². The third-order valence-corrected chi connectivity index (χ3v) is 2.22. The number of aliphatic carboxylic acids is 1. The highest BCUT2D eigenvalue weighted by Gasteiger charge is 2.18. The lowest BCUT2D eigenvalue weighted by molar-refractivity contribution is -0.138. The number of carboxylic acids is 1. The maximum absolute atomic E-state index is 13.3. The monoisotopic (exact) mass is 197 g/mol. The van der Waals surface area contributed by atoms with Gasteiger partial charge in [-0.2, -0.15) is 0 Å². The van der Waals surface area contributed by atoms with Gasteiger partial charge in [-0.15, -0.1) is 0 Å². The zero-order valence-corrected chi connectivity index (χ0v) is 8.04. The van der Waals surface area contributed by atoms with Gasteiger partial charge in [0.25, 0.3) is 0 Å². The van der Waals surface area contributed by atoms with E-state index in [-0.39, 0.29) is 5.56 Å². The zero-order valence-electron chi connectivity index (χ0n) is 8.04. The Labute approximate surface area is 81.4 Å². The predicted octanol–water partition coefficient (Wildman–Crippen LogP) is 1.90. The Bertz CT molecular complexity index is 377. The van der Waals surface area contributed by atoms with E-state index in [0.717, 1.165) is 6.07 Å². The molecule has 4 heteroatoms. The minimum Gasteiger partial charge on any atom is -0.481 e. The van der Waals surface area contributed by atoms with Crippen molar-refractivity contribution in [1.82, 2.24) is 0 Å². The van der Waals surface area contributed by atoms with Crippen molar-refractivity contribution >= 4 is 11.7 Å². The lowest BCUT2D eigenvalue weighted by atomic mass is 9.98. The van der Waals surface area contributed by atoms with Crippen molar-refractivity contribution in [2.75, 3.05) is 5.73 Å². The van der Waals surface area contributed by atoms with Gasteiger partial charge in [-0.1, -0.05) is 6.07 Å². The summed E-state index contributed by atoms with van der Waals surface area (Å²) in [4.78, 5) is 10.7. The van der Waals surface area contributed by atoms with Crippen molar-refractivity contribution in [1.29, 1.82) is 0 Å². The first kappa shape index (κ1) is 10.5. The van der Waals surface area contributed by atoms with E-state index >= 15 is 0 Å². The number of aryl methyl sites for hydroxylation is 1. The number of anilines is 1. The van der Waals surface area contributed by atoms with Crippen LogP contribution in [-0.4, -0.2) is 11.1 Å². The summed E-state index contributed by atoms with van der Waals surface area (Å²) in [6.45, 7) is 3.16. The van der Waals surface area contributed by atoms with Gasteiger partial charge in [-0.05, 0) is 25.5 Å². The third kappa shape index (κ3) is 1.84. The molecular formula is C10H12FNO2. The molecule has 0 fully saturated rings. The Balaban J connectivity index is 3.22. The highest BCUT2D eigenvalue weighted by Crippen LogP contribution is 2.24. The molecule has 0 radical (unpaired) electrons. The minimum atomic E-state index is -1.05.